The molecule has 3 unspecified atom stereocenters. The molecule has 0 aliphatic carbocycles. The van der Waals surface area contributed by atoms with Crippen molar-refractivity contribution in [3.63, 3.8) is 0 Å². The van der Waals surface area contributed by atoms with E-state index in [2.05, 4.69) is 34.4 Å². The van der Waals surface area contributed by atoms with Crippen LogP contribution in [0, 0.1) is 5.41 Å². The Balaban J connectivity index is 0.0000105. The van der Waals surface area contributed by atoms with E-state index in [0.29, 0.717) is 5.75 Å². The van der Waals surface area contributed by atoms with Crippen LogP contribution in [0.25, 0.3) is 11.2 Å². The Hall–Kier alpha value is -2.52. The number of phosphoric ester groups is 3. The lowest BCUT2D eigenvalue weighted by molar-refractivity contribution is -0.137. The first kappa shape index (κ1) is 48.6. The molecule has 314 valence electrons. The fourth-order valence-corrected chi connectivity index (χ4v) is 8.26. The largest absolute Gasteiger partial charge is 0.481 e. The molecular weight excluding hydrogens is 823 g/mol. The second kappa shape index (κ2) is 20.3. The molecule has 1 aliphatic heterocycles. The summed E-state index contributed by atoms with van der Waals surface area (Å²) in [5.41, 5.74) is 9.80. The molecule has 55 heavy (non-hydrogen) atoms. The summed E-state index contributed by atoms with van der Waals surface area (Å²) in [6.45, 7) is 2.14. The predicted molar refractivity (Wildman–Crippen MR) is 190 cm³/mol. The van der Waals surface area contributed by atoms with E-state index in [1.807, 2.05) is 0 Å². The fourth-order valence-electron chi connectivity index (χ4n) is 4.62. The highest BCUT2D eigenvalue weighted by molar-refractivity contribution is 8.13. The minimum Gasteiger partial charge on any atom is -0.386 e. The van der Waals surface area contributed by atoms with Crippen molar-refractivity contribution in [2.24, 2.45) is 11.1 Å². The SMILES string of the molecule is CC(N)CC(=O)SCCNC(=O)CCNC(=O)[C@H](O)C(C)(C)COP(=O)(O)OP(=O)(O)OC[C@H]1O[C@@H](n2cnc3c(N)ncnc32)[C@H](O)[C@@H]1OP(=O)(O)O.N. The molecular formula is C25H46N9O17P3S. The number of carbonyl (C=O) groups is 3. The van der Waals surface area contributed by atoms with Gasteiger partial charge < -0.3 is 62.8 Å². The summed E-state index contributed by atoms with van der Waals surface area (Å²) >= 11 is 1.02. The number of rotatable bonds is 21. The van der Waals surface area contributed by atoms with Gasteiger partial charge in [0.25, 0.3) is 0 Å². The Bertz CT molecular complexity index is 1780. The van der Waals surface area contributed by atoms with Crippen LogP contribution < -0.4 is 28.3 Å². The zero-order chi connectivity index (χ0) is 40.6. The molecule has 2 aromatic heterocycles. The van der Waals surface area contributed by atoms with Crippen LogP contribution in [0.1, 0.15) is 39.8 Å². The number of fused-ring (bicyclic) bond motifs is 1. The molecule has 3 rings (SSSR count). The van der Waals surface area contributed by atoms with Crippen LogP contribution in [0.4, 0.5) is 5.82 Å². The minimum absolute atomic E-state index is 0. The van der Waals surface area contributed by atoms with Crippen molar-refractivity contribution in [2.75, 3.05) is 37.8 Å². The van der Waals surface area contributed by atoms with Crippen LogP contribution in [0.3, 0.4) is 0 Å². The highest BCUT2D eigenvalue weighted by Gasteiger charge is 2.50. The number of thioether (sulfide) groups is 1. The van der Waals surface area contributed by atoms with E-state index >= 15 is 0 Å². The van der Waals surface area contributed by atoms with E-state index in [1.165, 1.54) is 13.8 Å². The first-order valence-corrected chi connectivity index (χ1v) is 21.2. The number of aromatic nitrogens is 4. The number of anilines is 1. The Kier molecular flexibility index (Phi) is 17.9. The fraction of sp³-hybridized carbons (Fsp3) is 0.680. The van der Waals surface area contributed by atoms with Gasteiger partial charge in [0.2, 0.25) is 11.8 Å². The maximum atomic E-state index is 12.6. The first-order chi connectivity index (χ1) is 24.9. The van der Waals surface area contributed by atoms with Crippen molar-refractivity contribution < 1.29 is 80.5 Å². The van der Waals surface area contributed by atoms with Crippen LogP contribution in [0.5, 0.6) is 0 Å². The number of phosphoric acid groups is 3. The third-order valence-corrected chi connectivity index (χ3v) is 11.3. The molecule has 8 atom stereocenters. The van der Waals surface area contributed by atoms with Gasteiger partial charge in [-0.1, -0.05) is 25.6 Å². The molecule has 1 saturated heterocycles. The van der Waals surface area contributed by atoms with E-state index in [4.69, 9.17) is 25.3 Å². The average molecular weight is 870 g/mol. The average Bonchev–Trinajstić information content (AvgIpc) is 3.60. The van der Waals surface area contributed by atoms with Crippen LogP contribution >= 0.6 is 35.2 Å². The lowest BCUT2D eigenvalue weighted by atomic mass is 9.87. The number of aliphatic hydroxyl groups is 2. The summed E-state index contributed by atoms with van der Waals surface area (Å²) in [6, 6.07) is -0.280. The molecule has 1 fully saturated rings. The molecule has 0 saturated carbocycles. The van der Waals surface area contributed by atoms with Gasteiger partial charge in [0, 0.05) is 43.1 Å². The number of hydrogen-bond acceptors (Lipinski definition) is 20. The van der Waals surface area contributed by atoms with E-state index < -0.39 is 84.6 Å². The zero-order valence-corrected chi connectivity index (χ0v) is 33.1. The van der Waals surface area contributed by atoms with Gasteiger partial charge in [-0.25, -0.2) is 28.6 Å². The van der Waals surface area contributed by atoms with Crippen molar-refractivity contribution in [3.05, 3.63) is 12.7 Å². The number of carbonyl (C=O) groups excluding carboxylic acids is 3. The summed E-state index contributed by atoms with van der Waals surface area (Å²) in [7, 11) is -16.4. The van der Waals surface area contributed by atoms with Gasteiger partial charge in [-0.15, -0.1) is 0 Å². The molecule has 15 N–H and O–H groups in total. The number of nitrogens with one attached hydrogen (secondary N) is 2. The molecule has 0 spiro atoms. The van der Waals surface area contributed by atoms with Gasteiger partial charge in [-0.05, 0) is 6.92 Å². The topological polar surface area (TPSA) is 425 Å². The van der Waals surface area contributed by atoms with Gasteiger partial charge in [-0.3, -0.25) is 32.5 Å². The van der Waals surface area contributed by atoms with Crippen LogP contribution in [0.2, 0.25) is 0 Å². The van der Waals surface area contributed by atoms with Gasteiger partial charge in [0.15, 0.2) is 22.8 Å². The van der Waals surface area contributed by atoms with Crippen LogP contribution in [0.15, 0.2) is 12.7 Å². The van der Waals surface area contributed by atoms with E-state index in [0.717, 1.165) is 29.0 Å². The maximum absolute atomic E-state index is 12.6. The number of amides is 2. The summed E-state index contributed by atoms with van der Waals surface area (Å²) in [5.74, 6) is -1.16. The maximum Gasteiger partial charge on any atom is 0.481 e. The monoisotopic (exact) mass is 869 g/mol. The van der Waals surface area contributed by atoms with Crippen molar-refractivity contribution in [1.29, 1.82) is 0 Å². The van der Waals surface area contributed by atoms with Gasteiger partial charge in [0.05, 0.1) is 19.5 Å². The summed E-state index contributed by atoms with van der Waals surface area (Å²) in [5, 5.41) is 26.1. The molecule has 3 heterocycles. The highest BCUT2D eigenvalue weighted by Crippen LogP contribution is 2.61. The molecule has 0 radical (unpaired) electrons. The number of hydrogen-bond donors (Lipinski definition) is 11. The lowest BCUT2D eigenvalue weighted by Crippen LogP contribution is -2.46. The lowest BCUT2D eigenvalue weighted by Gasteiger charge is -2.30. The number of nitrogen functional groups attached to an aromatic ring is 1. The molecule has 2 amide bonds. The number of nitrogens with zero attached hydrogens (tertiary/aromatic N) is 4. The summed E-state index contributed by atoms with van der Waals surface area (Å²) in [4.78, 5) is 87.0. The standard InChI is InChI=1S/C25H43N8O17P3S.H3N/c1-13(26)8-16(35)54-7-6-28-15(34)4-5-29-23(38)20(37)25(2,3)10-47-53(44,45)50-52(42,43)46-9-14-19(49-51(39,40)41)18(36)24(48-14)33-12-32-17-21(27)30-11-31-22(17)33;/h11-14,18-20,24,36-37H,4-10,26H2,1-3H3,(H,28,34)(H,29,38)(H,42,43)(H,44,45)(H2,27,30,31)(H2,39,40,41);1H3/t13?,14-,18-,19-,20+,24-;/m1./s1. The Morgan fingerprint density at radius 1 is 1.07 bits per heavy atom. The third-order valence-electron chi connectivity index (χ3n) is 7.25. The summed E-state index contributed by atoms with van der Waals surface area (Å²) in [6.07, 6.45) is -6.74. The molecule has 0 bridgehead atoms. The Labute approximate surface area is 317 Å². The first-order valence-electron chi connectivity index (χ1n) is 15.7. The zero-order valence-electron chi connectivity index (χ0n) is 29.6. The van der Waals surface area contributed by atoms with Gasteiger partial charge >= 0.3 is 23.5 Å². The molecule has 2 aromatic rings. The second-order valence-corrected chi connectivity index (χ2v) is 17.9. The normalized spacial score (nSPS) is 22.2. The predicted octanol–water partition coefficient (Wildman–Crippen LogP) is -1.44. The summed E-state index contributed by atoms with van der Waals surface area (Å²) < 4.78 is 62.0. The molecule has 1 aliphatic rings. The number of aliphatic hydroxyl groups excluding tert-OH is 2. The van der Waals surface area contributed by atoms with Crippen molar-refractivity contribution >= 4 is 69.1 Å². The third kappa shape index (κ3) is 15.1. The quantitative estimate of drug-likeness (QED) is 0.0505. The molecule has 26 nitrogen and oxygen atoms in total. The van der Waals surface area contributed by atoms with Crippen molar-refractivity contribution in [1.82, 2.24) is 36.3 Å². The molecule has 0 aromatic carbocycles. The highest BCUT2D eigenvalue weighted by atomic mass is 32.2. The minimum atomic E-state index is -5.57. The van der Waals surface area contributed by atoms with Crippen molar-refractivity contribution in [2.45, 2.75) is 70.3 Å². The van der Waals surface area contributed by atoms with E-state index in [-0.39, 0.29) is 60.2 Å². The van der Waals surface area contributed by atoms with Crippen LogP contribution in [-0.4, -0.2) is 129 Å². The van der Waals surface area contributed by atoms with Gasteiger partial charge in [0.1, 0.15) is 36.3 Å². The number of imidazole rings is 1. The number of ether oxygens (including phenoxy) is 1. The van der Waals surface area contributed by atoms with E-state index in [9.17, 15) is 57.9 Å². The van der Waals surface area contributed by atoms with Gasteiger partial charge in [-0.2, -0.15) is 4.31 Å². The number of nitrogens with two attached hydrogens (primary N) is 2. The van der Waals surface area contributed by atoms with E-state index in [1.54, 1.807) is 6.92 Å². The Morgan fingerprint density at radius 2 is 1.73 bits per heavy atom. The smallest absolute Gasteiger partial charge is 0.386 e. The van der Waals surface area contributed by atoms with Crippen molar-refractivity contribution in [3.8, 4) is 0 Å². The van der Waals surface area contributed by atoms with Crippen LogP contribution in [-0.2, 0) is 50.7 Å². The Morgan fingerprint density at radius 3 is 2.36 bits per heavy atom. The molecule has 30 heteroatoms. The second-order valence-electron chi connectivity index (χ2n) is 12.5.